The number of likely N-dealkylation sites (tertiary alicyclic amines) is 2. The molecule has 2 aliphatic heterocycles. The minimum Gasteiger partial charge on any atom is -0.388 e. The highest BCUT2D eigenvalue weighted by Crippen LogP contribution is 2.36. The fraction of sp³-hybridized carbons (Fsp3) is 0.722. The first-order chi connectivity index (χ1) is 10.9. The summed E-state index contributed by atoms with van der Waals surface area (Å²) in [5.74, 6) is 0.767. The van der Waals surface area contributed by atoms with E-state index in [1.54, 1.807) is 0 Å². The van der Waals surface area contributed by atoms with Gasteiger partial charge in [0.25, 0.3) is 5.91 Å². The van der Waals surface area contributed by atoms with Crippen molar-refractivity contribution in [1.29, 1.82) is 0 Å². The second kappa shape index (κ2) is 6.54. The Morgan fingerprint density at radius 2 is 2.09 bits per heavy atom. The lowest BCUT2D eigenvalue weighted by Crippen LogP contribution is -2.48. The number of carbonyl (C=O) groups is 1. The summed E-state index contributed by atoms with van der Waals surface area (Å²) in [6, 6.07) is 4.34. The molecule has 0 bridgehead atoms. The van der Waals surface area contributed by atoms with E-state index < -0.39 is 5.60 Å². The van der Waals surface area contributed by atoms with E-state index in [9.17, 15) is 9.90 Å². The van der Waals surface area contributed by atoms with Crippen molar-refractivity contribution in [1.82, 2.24) is 9.80 Å². The average Bonchev–Trinajstić information content (AvgIpc) is 3.16. The molecule has 0 unspecified atom stereocenters. The predicted molar refractivity (Wildman–Crippen MR) is 93.8 cm³/mol. The first kappa shape index (κ1) is 16.9. The normalized spacial score (nSPS) is 30.3. The zero-order chi connectivity index (χ0) is 16.6. The molecule has 128 valence electrons. The van der Waals surface area contributed by atoms with E-state index >= 15 is 0 Å². The molecule has 2 saturated heterocycles. The number of rotatable bonds is 3. The third-order valence-corrected chi connectivity index (χ3v) is 6.68. The third kappa shape index (κ3) is 3.19. The van der Waals surface area contributed by atoms with Gasteiger partial charge in [-0.15, -0.1) is 11.3 Å². The van der Waals surface area contributed by atoms with Gasteiger partial charge < -0.3 is 10.0 Å². The molecule has 2 fully saturated rings. The Labute approximate surface area is 143 Å². The van der Waals surface area contributed by atoms with Crippen LogP contribution in [0.15, 0.2) is 17.5 Å². The third-order valence-electron chi connectivity index (χ3n) is 5.82. The Morgan fingerprint density at radius 3 is 2.61 bits per heavy atom. The van der Waals surface area contributed by atoms with Crippen LogP contribution < -0.4 is 0 Å². The molecule has 0 radical (unpaired) electrons. The van der Waals surface area contributed by atoms with Gasteiger partial charge in [0.1, 0.15) is 0 Å². The number of hydrogen-bond donors (Lipinski definition) is 1. The highest BCUT2D eigenvalue weighted by Gasteiger charge is 2.46. The van der Waals surface area contributed by atoms with Crippen molar-refractivity contribution in [2.75, 3.05) is 26.2 Å². The van der Waals surface area contributed by atoms with E-state index in [-0.39, 0.29) is 11.8 Å². The molecule has 5 heteroatoms. The van der Waals surface area contributed by atoms with E-state index in [1.165, 1.54) is 11.3 Å². The molecule has 23 heavy (non-hydrogen) atoms. The van der Waals surface area contributed by atoms with Crippen molar-refractivity contribution >= 4 is 17.2 Å². The number of amides is 1. The van der Waals surface area contributed by atoms with Crippen LogP contribution in [0.25, 0.3) is 0 Å². The van der Waals surface area contributed by atoms with Crippen LogP contribution >= 0.6 is 11.3 Å². The molecule has 3 heterocycles. The van der Waals surface area contributed by atoms with Crippen LogP contribution in [0.4, 0.5) is 0 Å². The van der Waals surface area contributed by atoms with Crippen molar-refractivity contribution in [3.63, 3.8) is 0 Å². The van der Waals surface area contributed by atoms with Gasteiger partial charge in [0.15, 0.2) is 0 Å². The van der Waals surface area contributed by atoms with Gasteiger partial charge in [-0.2, -0.15) is 0 Å². The lowest BCUT2D eigenvalue weighted by Gasteiger charge is -2.37. The summed E-state index contributed by atoms with van der Waals surface area (Å²) in [7, 11) is 0. The maximum Gasteiger partial charge on any atom is 0.263 e. The molecule has 0 saturated carbocycles. The molecule has 0 spiro atoms. The van der Waals surface area contributed by atoms with Crippen LogP contribution in [0.2, 0.25) is 0 Å². The second-order valence-corrected chi connectivity index (χ2v) is 8.42. The number of nitrogens with zero attached hydrogens (tertiary/aromatic N) is 2. The minimum atomic E-state index is -0.566. The quantitative estimate of drug-likeness (QED) is 0.923. The van der Waals surface area contributed by atoms with Gasteiger partial charge in [0.05, 0.1) is 10.5 Å². The summed E-state index contributed by atoms with van der Waals surface area (Å²) in [6.45, 7) is 9.78. The van der Waals surface area contributed by atoms with Crippen molar-refractivity contribution in [2.45, 2.75) is 45.3 Å². The van der Waals surface area contributed by atoms with Crippen LogP contribution in [0, 0.1) is 11.8 Å². The zero-order valence-corrected chi connectivity index (χ0v) is 15.2. The molecule has 0 aliphatic carbocycles. The standard InChI is InChI=1S/C18H28N2O2S/c1-13(2)18(22)12-20(11-14(18)3)15-6-8-19(9-7-15)17(21)16-5-4-10-23-16/h4-5,10,13-15,22H,6-9,11-12H2,1-3H3/t14-,18-/m0/s1. The topological polar surface area (TPSA) is 43.8 Å². The molecule has 1 N–H and O–H groups in total. The smallest absolute Gasteiger partial charge is 0.263 e. The SMILES string of the molecule is CC(C)[C@@]1(O)CN(C2CCN(C(=O)c3cccs3)CC2)C[C@@H]1C. The Morgan fingerprint density at radius 1 is 1.39 bits per heavy atom. The van der Waals surface area contributed by atoms with Crippen LogP contribution in [0.1, 0.15) is 43.3 Å². The van der Waals surface area contributed by atoms with E-state index in [0.29, 0.717) is 12.0 Å². The van der Waals surface area contributed by atoms with Gasteiger partial charge in [-0.25, -0.2) is 0 Å². The molecule has 2 atom stereocenters. The lowest BCUT2D eigenvalue weighted by atomic mass is 9.82. The van der Waals surface area contributed by atoms with Crippen LogP contribution in [0.3, 0.4) is 0 Å². The van der Waals surface area contributed by atoms with E-state index in [4.69, 9.17) is 0 Å². The molecule has 1 aromatic rings. The summed E-state index contributed by atoms with van der Waals surface area (Å²) in [6.07, 6.45) is 2.02. The average molecular weight is 337 g/mol. The summed E-state index contributed by atoms with van der Waals surface area (Å²) < 4.78 is 0. The minimum absolute atomic E-state index is 0.173. The molecule has 4 nitrogen and oxygen atoms in total. The number of piperidine rings is 1. The first-order valence-electron chi connectivity index (χ1n) is 8.71. The van der Waals surface area contributed by atoms with Crippen LogP contribution in [-0.4, -0.2) is 58.6 Å². The molecule has 2 aliphatic rings. The molecule has 0 aromatic carbocycles. The van der Waals surface area contributed by atoms with Gasteiger partial charge >= 0.3 is 0 Å². The number of hydrogen-bond acceptors (Lipinski definition) is 4. The number of thiophene rings is 1. The predicted octanol–water partition coefficient (Wildman–Crippen LogP) is 2.69. The van der Waals surface area contributed by atoms with Crippen molar-refractivity contribution in [3.8, 4) is 0 Å². The largest absolute Gasteiger partial charge is 0.388 e. The van der Waals surface area contributed by atoms with Crippen molar-refractivity contribution in [2.24, 2.45) is 11.8 Å². The van der Waals surface area contributed by atoms with Gasteiger partial charge in [-0.3, -0.25) is 9.69 Å². The molecular weight excluding hydrogens is 308 g/mol. The van der Waals surface area contributed by atoms with Crippen molar-refractivity contribution in [3.05, 3.63) is 22.4 Å². The Bertz CT molecular complexity index is 537. The maximum atomic E-state index is 12.4. The number of aliphatic hydroxyl groups is 1. The fourth-order valence-electron chi connectivity index (χ4n) is 4.08. The Balaban J connectivity index is 1.57. The summed E-state index contributed by atoms with van der Waals surface area (Å²) >= 11 is 1.52. The highest BCUT2D eigenvalue weighted by molar-refractivity contribution is 7.12. The second-order valence-electron chi connectivity index (χ2n) is 7.48. The highest BCUT2D eigenvalue weighted by atomic mass is 32.1. The Hall–Kier alpha value is -0.910. The van der Waals surface area contributed by atoms with Gasteiger partial charge in [0.2, 0.25) is 0 Å². The lowest BCUT2D eigenvalue weighted by molar-refractivity contribution is -0.0286. The maximum absolute atomic E-state index is 12.4. The Kier molecular flexibility index (Phi) is 4.81. The monoisotopic (exact) mass is 336 g/mol. The van der Waals surface area contributed by atoms with Gasteiger partial charge in [0, 0.05) is 32.2 Å². The van der Waals surface area contributed by atoms with Crippen LogP contribution in [0.5, 0.6) is 0 Å². The summed E-state index contributed by atoms with van der Waals surface area (Å²) in [5, 5.41) is 12.9. The van der Waals surface area contributed by atoms with E-state index in [2.05, 4.69) is 25.7 Å². The van der Waals surface area contributed by atoms with Gasteiger partial charge in [-0.05, 0) is 36.1 Å². The van der Waals surface area contributed by atoms with E-state index in [0.717, 1.165) is 43.9 Å². The van der Waals surface area contributed by atoms with Crippen molar-refractivity contribution < 1.29 is 9.90 Å². The summed E-state index contributed by atoms with van der Waals surface area (Å²) in [5.41, 5.74) is -0.566. The molecule has 1 aromatic heterocycles. The number of β-amino-alcohol motifs (C(OH)–C–C–N with tert-alkyl or cyclic N) is 1. The summed E-state index contributed by atoms with van der Waals surface area (Å²) in [4.78, 5) is 17.7. The fourth-order valence-corrected chi connectivity index (χ4v) is 4.77. The first-order valence-corrected chi connectivity index (χ1v) is 9.59. The van der Waals surface area contributed by atoms with Gasteiger partial charge in [-0.1, -0.05) is 26.8 Å². The zero-order valence-electron chi connectivity index (χ0n) is 14.4. The molecular formula is C18H28N2O2S. The van der Waals surface area contributed by atoms with Crippen LogP contribution in [-0.2, 0) is 0 Å². The molecule has 3 rings (SSSR count). The number of carbonyl (C=O) groups excluding carboxylic acids is 1. The molecule has 1 amide bonds. The van der Waals surface area contributed by atoms with E-state index in [1.807, 2.05) is 22.4 Å².